The molecule has 0 saturated carbocycles. The van der Waals surface area contributed by atoms with Crippen LogP contribution in [0.3, 0.4) is 0 Å². The third kappa shape index (κ3) is 2.58. The van der Waals surface area contributed by atoms with Crippen molar-refractivity contribution in [3.63, 3.8) is 0 Å². The van der Waals surface area contributed by atoms with E-state index in [9.17, 15) is 0 Å². The molecular weight excluding hydrogens is 190 g/mol. The summed E-state index contributed by atoms with van der Waals surface area (Å²) >= 11 is 0. The number of hydrogen-bond donors (Lipinski definition) is 2. The molecule has 1 fully saturated rings. The van der Waals surface area contributed by atoms with E-state index in [1.807, 2.05) is 7.05 Å². The number of oxazole rings is 1. The van der Waals surface area contributed by atoms with Gasteiger partial charge in [0.25, 0.3) is 0 Å². The topological polar surface area (TPSA) is 50.1 Å². The minimum atomic E-state index is 0.449. The van der Waals surface area contributed by atoms with Gasteiger partial charge in [0.1, 0.15) is 6.26 Å². The number of likely N-dealkylation sites (N-methyl/N-ethyl adjacent to an activating group) is 1. The highest BCUT2D eigenvalue weighted by Crippen LogP contribution is 2.21. The molecule has 0 amide bonds. The van der Waals surface area contributed by atoms with Gasteiger partial charge in [-0.25, -0.2) is 4.98 Å². The van der Waals surface area contributed by atoms with Gasteiger partial charge < -0.3 is 15.1 Å². The molecule has 15 heavy (non-hydrogen) atoms. The third-order valence-electron chi connectivity index (χ3n) is 2.99. The van der Waals surface area contributed by atoms with Crippen LogP contribution in [0.2, 0.25) is 0 Å². The van der Waals surface area contributed by atoms with Crippen molar-refractivity contribution in [3.05, 3.63) is 17.8 Å². The van der Waals surface area contributed by atoms with Gasteiger partial charge in [-0.05, 0) is 26.9 Å². The maximum absolute atomic E-state index is 5.52. The van der Waals surface area contributed by atoms with Crippen LogP contribution in [0.25, 0.3) is 0 Å². The Hall–Kier alpha value is -0.870. The minimum absolute atomic E-state index is 0.449. The van der Waals surface area contributed by atoms with Gasteiger partial charge in [0.05, 0.1) is 5.69 Å². The Balaban J connectivity index is 1.97. The molecule has 4 nitrogen and oxygen atoms in total. The highest BCUT2D eigenvalue weighted by atomic mass is 16.3. The van der Waals surface area contributed by atoms with Crippen molar-refractivity contribution in [1.82, 2.24) is 15.6 Å². The molecule has 1 aliphatic heterocycles. The lowest BCUT2D eigenvalue weighted by atomic mass is 10.1. The molecule has 2 atom stereocenters. The molecule has 1 aliphatic rings. The van der Waals surface area contributed by atoms with Crippen LogP contribution in [0.4, 0.5) is 0 Å². The molecule has 1 saturated heterocycles. The van der Waals surface area contributed by atoms with Crippen LogP contribution in [-0.2, 0) is 6.42 Å². The van der Waals surface area contributed by atoms with Gasteiger partial charge >= 0.3 is 0 Å². The molecule has 2 N–H and O–H groups in total. The minimum Gasteiger partial charge on any atom is -0.448 e. The standard InChI is InChI=1S/C11H19N3O/c1-8(12-2)5-10-7-15-11(14-10)9-3-4-13-6-9/h7-9,12-13H,3-6H2,1-2H3. The molecule has 4 heteroatoms. The average Bonchev–Trinajstić information content (AvgIpc) is 2.85. The van der Waals surface area contributed by atoms with E-state index in [1.54, 1.807) is 6.26 Å². The second kappa shape index (κ2) is 4.77. The largest absolute Gasteiger partial charge is 0.448 e. The van der Waals surface area contributed by atoms with Gasteiger partial charge in [0, 0.05) is 24.9 Å². The van der Waals surface area contributed by atoms with Crippen molar-refractivity contribution in [3.8, 4) is 0 Å². The SMILES string of the molecule is CNC(C)Cc1coc(C2CCNC2)n1. The van der Waals surface area contributed by atoms with Crippen molar-refractivity contribution in [2.75, 3.05) is 20.1 Å². The lowest BCUT2D eigenvalue weighted by Crippen LogP contribution is -2.23. The van der Waals surface area contributed by atoms with Gasteiger partial charge in [-0.2, -0.15) is 0 Å². The van der Waals surface area contributed by atoms with Crippen molar-refractivity contribution < 1.29 is 4.42 Å². The fraction of sp³-hybridized carbons (Fsp3) is 0.727. The van der Waals surface area contributed by atoms with Crippen LogP contribution in [0.5, 0.6) is 0 Å². The number of nitrogens with one attached hydrogen (secondary N) is 2. The highest BCUT2D eigenvalue weighted by Gasteiger charge is 2.21. The molecule has 0 radical (unpaired) electrons. The summed E-state index contributed by atoms with van der Waals surface area (Å²) in [7, 11) is 1.96. The van der Waals surface area contributed by atoms with Crippen LogP contribution in [0.1, 0.15) is 30.8 Å². The van der Waals surface area contributed by atoms with E-state index in [1.165, 1.54) is 0 Å². The van der Waals surface area contributed by atoms with Crippen LogP contribution in [-0.4, -0.2) is 31.2 Å². The van der Waals surface area contributed by atoms with E-state index < -0.39 is 0 Å². The van der Waals surface area contributed by atoms with E-state index >= 15 is 0 Å². The number of hydrogen-bond acceptors (Lipinski definition) is 4. The van der Waals surface area contributed by atoms with Gasteiger partial charge in [0.15, 0.2) is 5.89 Å². The van der Waals surface area contributed by atoms with E-state index in [4.69, 9.17) is 4.42 Å². The maximum Gasteiger partial charge on any atom is 0.198 e. The summed E-state index contributed by atoms with van der Waals surface area (Å²) in [5, 5.41) is 6.52. The highest BCUT2D eigenvalue weighted by molar-refractivity contribution is 5.04. The monoisotopic (exact) mass is 209 g/mol. The van der Waals surface area contributed by atoms with E-state index in [2.05, 4.69) is 22.5 Å². The summed E-state index contributed by atoms with van der Waals surface area (Å²) in [6, 6.07) is 0.449. The number of rotatable bonds is 4. The fourth-order valence-corrected chi connectivity index (χ4v) is 1.89. The number of aromatic nitrogens is 1. The summed E-state index contributed by atoms with van der Waals surface area (Å²) in [5.41, 5.74) is 1.05. The van der Waals surface area contributed by atoms with E-state index in [-0.39, 0.29) is 0 Å². The first kappa shape index (κ1) is 10.6. The summed E-state index contributed by atoms with van der Waals surface area (Å²) < 4.78 is 5.52. The van der Waals surface area contributed by atoms with Gasteiger partial charge in [-0.3, -0.25) is 0 Å². The lowest BCUT2D eigenvalue weighted by molar-refractivity contribution is 0.457. The first-order valence-corrected chi connectivity index (χ1v) is 5.62. The molecule has 2 unspecified atom stereocenters. The molecule has 84 valence electrons. The van der Waals surface area contributed by atoms with Crippen LogP contribution in [0, 0.1) is 0 Å². The van der Waals surface area contributed by atoms with Crippen LogP contribution in [0.15, 0.2) is 10.7 Å². The zero-order chi connectivity index (χ0) is 10.7. The lowest BCUT2D eigenvalue weighted by Gasteiger charge is -2.06. The number of nitrogens with zero attached hydrogens (tertiary/aromatic N) is 1. The molecule has 2 heterocycles. The molecule has 1 aromatic rings. The predicted molar refractivity (Wildman–Crippen MR) is 59.0 cm³/mol. The van der Waals surface area contributed by atoms with Crippen LogP contribution < -0.4 is 10.6 Å². The first-order valence-electron chi connectivity index (χ1n) is 5.62. The van der Waals surface area contributed by atoms with Crippen molar-refractivity contribution >= 4 is 0 Å². The maximum atomic E-state index is 5.52. The van der Waals surface area contributed by atoms with Gasteiger partial charge in [-0.1, -0.05) is 0 Å². The van der Waals surface area contributed by atoms with Crippen molar-refractivity contribution in [2.45, 2.75) is 31.7 Å². The second-order valence-electron chi connectivity index (χ2n) is 4.26. The van der Waals surface area contributed by atoms with Crippen molar-refractivity contribution in [1.29, 1.82) is 0 Å². The predicted octanol–water partition coefficient (Wildman–Crippen LogP) is 0.902. The quantitative estimate of drug-likeness (QED) is 0.773. The summed E-state index contributed by atoms with van der Waals surface area (Å²) in [6.45, 7) is 4.22. The fourth-order valence-electron chi connectivity index (χ4n) is 1.89. The Morgan fingerprint density at radius 3 is 3.27 bits per heavy atom. The van der Waals surface area contributed by atoms with Crippen molar-refractivity contribution in [2.24, 2.45) is 0 Å². The Morgan fingerprint density at radius 2 is 2.60 bits per heavy atom. The van der Waals surface area contributed by atoms with Gasteiger partial charge in [-0.15, -0.1) is 0 Å². The molecule has 0 aliphatic carbocycles. The first-order chi connectivity index (χ1) is 7.29. The molecule has 1 aromatic heterocycles. The Bertz CT molecular complexity index is 305. The van der Waals surface area contributed by atoms with E-state index in [0.717, 1.165) is 37.5 Å². The molecule has 0 bridgehead atoms. The Kier molecular flexibility index (Phi) is 3.38. The summed E-state index contributed by atoms with van der Waals surface area (Å²) in [5.74, 6) is 1.38. The average molecular weight is 209 g/mol. The normalized spacial score (nSPS) is 23.2. The summed E-state index contributed by atoms with van der Waals surface area (Å²) in [4.78, 5) is 4.53. The zero-order valence-electron chi connectivity index (χ0n) is 9.42. The molecule has 2 rings (SSSR count). The molecular formula is C11H19N3O. The second-order valence-corrected chi connectivity index (χ2v) is 4.26. The summed E-state index contributed by atoms with van der Waals surface area (Å²) in [6.07, 6.45) is 3.86. The van der Waals surface area contributed by atoms with Gasteiger partial charge in [0.2, 0.25) is 0 Å². The molecule has 0 spiro atoms. The van der Waals surface area contributed by atoms with Crippen LogP contribution >= 0.6 is 0 Å². The smallest absolute Gasteiger partial charge is 0.198 e. The zero-order valence-corrected chi connectivity index (χ0v) is 9.42. The molecule has 0 aromatic carbocycles. The van der Waals surface area contributed by atoms with E-state index in [0.29, 0.717) is 12.0 Å². The Labute approximate surface area is 90.5 Å². The third-order valence-corrected chi connectivity index (χ3v) is 2.99. The Morgan fingerprint density at radius 1 is 1.73 bits per heavy atom.